The normalized spacial score (nSPS) is 16.1. The van der Waals surface area contributed by atoms with Crippen LogP contribution in [0.25, 0.3) is 11.1 Å². The second-order valence-electron chi connectivity index (χ2n) is 10.9. The fourth-order valence-corrected chi connectivity index (χ4v) is 5.75. The van der Waals surface area contributed by atoms with Gasteiger partial charge in [-0.3, -0.25) is 0 Å². The minimum atomic E-state index is -1.13. The highest BCUT2D eigenvalue weighted by atomic mass is 35.5. The van der Waals surface area contributed by atoms with Crippen LogP contribution in [0, 0.1) is 0 Å². The molecular weight excluding hydrogens is 596 g/mol. The third-order valence-corrected chi connectivity index (χ3v) is 8.23. The fraction of sp³-hybridized carbons (Fsp3) is 0.412. The molecule has 3 amide bonds. The van der Waals surface area contributed by atoms with E-state index in [9.17, 15) is 9.59 Å². The molecule has 0 aromatic heterocycles. The second kappa shape index (κ2) is 17.0. The number of carbonyl (C=O) groups is 2. The molecule has 45 heavy (non-hydrogen) atoms. The number of benzene rings is 3. The molecule has 1 aliphatic rings. The summed E-state index contributed by atoms with van der Waals surface area (Å²) in [6.07, 6.45) is -0.642. The van der Waals surface area contributed by atoms with E-state index in [-0.39, 0.29) is 31.8 Å². The lowest BCUT2D eigenvalue weighted by Gasteiger charge is -2.38. The third kappa shape index (κ3) is 9.58. The average molecular weight is 639 g/mol. The van der Waals surface area contributed by atoms with Gasteiger partial charge in [-0.05, 0) is 60.3 Å². The molecule has 0 saturated carbocycles. The Morgan fingerprint density at radius 1 is 1.09 bits per heavy atom. The van der Waals surface area contributed by atoms with Crippen LogP contribution in [0.1, 0.15) is 29.7 Å². The van der Waals surface area contributed by atoms with Crippen LogP contribution in [0.4, 0.5) is 9.59 Å². The summed E-state index contributed by atoms with van der Waals surface area (Å²) in [4.78, 5) is 26.2. The first-order valence-corrected chi connectivity index (χ1v) is 15.6. The molecule has 242 valence electrons. The molecular formula is C34H43ClN4O6. The van der Waals surface area contributed by atoms with Gasteiger partial charge in [-0.25, -0.2) is 9.59 Å². The third-order valence-electron chi connectivity index (χ3n) is 7.92. The van der Waals surface area contributed by atoms with Crippen molar-refractivity contribution in [2.45, 2.75) is 38.0 Å². The number of amides is 3. The van der Waals surface area contributed by atoms with Crippen LogP contribution < -0.4 is 20.7 Å². The SMILES string of the molecule is CCc1cccc(-c2c(Cl)cccc2C(OCCNC(=O)O)C2CN(C(=O)NCC(Cc3ccc(OC)cc3)NC)CCO2)c1. The summed E-state index contributed by atoms with van der Waals surface area (Å²) in [5.41, 5.74) is 4.90. The van der Waals surface area contributed by atoms with E-state index in [1.54, 1.807) is 12.0 Å². The monoisotopic (exact) mass is 638 g/mol. The highest BCUT2D eigenvalue weighted by Crippen LogP contribution is 2.39. The van der Waals surface area contributed by atoms with Gasteiger partial charge in [-0.15, -0.1) is 0 Å². The average Bonchev–Trinajstić information content (AvgIpc) is 3.06. The van der Waals surface area contributed by atoms with Crippen molar-refractivity contribution in [2.24, 2.45) is 0 Å². The minimum Gasteiger partial charge on any atom is -0.497 e. The Hall–Kier alpha value is -3.83. The van der Waals surface area contributed by atoms with Crippen LogP contribution in [0.5, 0.6) is 5.75 Å². The molecule has 11 heteroatoms. The van der Waals surface area contributed by atoms with Gasteiger partial charge in [0.05, 0.1) is 26.9 Å². The van der Waals surface area contributed by atoms with Gasteiger partial charge < -0.3 is 40.2 Å². The highest BCUT2D eigenvalue weighted by Gasteiger charge is 2.34. The maximum Gasteiger partial charge on any atom is 0.404 e. The number of likely N-dealkylation sites (N-methyl/N-ethyl adjacent to an activating group) is 1. The van der Waals surface area contributed by atoms with E-state index in [0.717, 1.165) is 40.8 Å². The lowest BCUT2D eigenvalue weighted by molar-refractivity contribution is -0.105. The lowest BCUT2D eigenvalue weighted by Crippen LogP contribution is -2.53. The lowest BCUT2D eigenvalue weighted by atomic mass is 9.92. The molecule has 1 saturated heterocycles. The zero-order valence-electron chi connectivity index (χ0n) is 26.1. The van der Waals surface area contributed by atoms with Crippen LogP contribution in [-0.4, -0.2) is 87.8 Å². The molecule has 1 fully saturated rings. The molecule has 0 radical (unpaired) electrons. The van der Waals surface area contributed by atoms with Crippen molar-refractivity contribution < 1.29 is 28.9 Å². The number of carbonyl (C=O) groups excluding carboxylic acids is 1. The summed E-state index contributed by atoms with van der Waals surface area (Å²) in [6.45, 7) is 3.79. The Kier molecular flexibility index (Phi) is 12.9. The molecule has 3 unspecified atom stereocenters. The molecule has 3 aromatic carbocycles. The zero-order valence-corrected chi connectivity index (χ0v) is 26.8. The summed E-state index contributed by atoms with van der Waals surface area (Å²) in [6, 6.07) is 21.6. The van der Waals surface area contributed by atoms with Crippen LogP contribution in [0.3, 0.4) is 0 Å². The number of nitrogens with one attached hydrogen (secondary N) is 3. The topological polar surface area (TPSA) is 121 Å². The maximum absolute atomic E-state index is 13.4. The van der Waals surface area contributed by atoms with Gasteiger partial charge in [0.1, 0.15) is 18.0 Å². The van der Waals surface area contributed by atoms with E-state index in [2.05, 4.69) is 35.0 Å². The summed E-state index contributed by atoms with van der Waals surface area (Å²) in [7, 11) is 3.52. The number of ether oxygens (including phenoxy) is 3. The molecule has 0 bridgehead atoms. The molecule has 3 atom stereocenters. The van der Waals surface area contributed by atoms with Crippen LogP contribution in [0.15, 0.2) is 66.7 Å². The quantitative estimate of drug-likeness (QED) is 0.180. The number of carboxylic acid groups (broad SMARTS) is 1. The van der Waals surface area contributed by atoms with Gasteiger partial charge >= 0.3 is 12.1 Å². The largest absolute Gasteiger partial charge is 0.497 e. The first-order chi connectivity index (χ1) is 21.8. The van der Waals surface area contributed by atoms with Crippen molar-refractivity contribution in [3.05, 3.63) is 88.4 Å². The number of nitrogens with zero attached hydrogens (tertiary/aromatic N) is 1. The van der Waals surface area contributed by atoms with E-state index in [1.165, 1.54) is 5.56 Å². The second-order valence-corrected chi connectivity index (χ2v) is 11.3. The predicted octanol–water partition coefficient (Wildman–Crippen LogP) is 5.14. The number of aryl methyl sites for hydroxylation is 1. The number of hydrogen-bond acceptors (Lipinski definition) is 6. The number of urea groups is 1. The number of halogens is 1. The predicted molar refractivity (Wildman–Crippen MR) is 175 cm³/mol. The fourth-order valence-electron chi connectivity index (χ4n) is 5.46. The first kappa shape index (κ1) is 34.1. The number of methoxy groups -OCH3 is 1. The standard InChI is InChI=1S/C34H43ClN4O6/c1-4-23-7-5-8-25(19-23)31-28(9-6-10-29(31)35)32(45-17-15-37-34(41)42)30-22-39(16-18-44-30)33(40)38-21-26(36-2)20-24-11-13-27(43-3)14-12-24/h5-14,19,26,30,32,36-37H,4,15-18,20-22H2,1-3H3,(H,38,40)(H,41,42). The van der Waals surface area contributed by atoms with Crippen molar-refractivity contribution in [1.29, 1.82) is 0 Å². The first-order valence-electron chi connectivity index (χ1n) is 15.2. The van der Waals surface area contributed by atoms with Gasteiger partial charge in [0, 0.05) is 36.3 Å². The van der Waals surface area contributed by atoms with Gasteiger partial charge in [0.25, 0.3) is 0 Å². The smallest absolute Gasteiger partial charge is 0.404 e. The van der Waals surface area contributed by atoms with E-state index in [4.69, 9.17) is 30.9 Å². The van der Waals surface area contributed by atoms with E-state index in [0.29, 0.717) is 24.7 Å². The Balaban J connectivity index is 1.50. The van der Waals surface area contributed by atoms with Gasteiger partial charge in [-0.2, -0.15) is 0 Å². The Bertz CT molecular complexity index is 1410. The molecule has 1 aliphatic heterocycles. The summed E-state index contributed by atoms with van der Waals surface area (Å²) in [5.74, 6) is 0.801. The van der Waals surface area contributed by atoms with Gasteiger partial charge in [0.2, 0.25) is 0 Å². The highest BCUT2D eigenvalue weighted by molar-refractivity contribution is 6.33. The Morgan fingerprint density at radius 3 is 2.58 bits per heavy atom. The summed E-state index contributed by atoms with van der Waals surface area (Å²) < 4.78 is 17.8. The molecule has 4 rings (SSSR count). The maximum atomic E-state index is 13.4. The molecule has 3 aromatic rings. The zero-order chi connectivity index (χ0) is 32.2. The number of morpholine rings is 1. The number of rotatable bonds is 14. The number of hydrogen-bond donors (Lipinski definition) is 4. The molecule has 0 spiro atoms. The molecule has 1 heterocycles. The van der Waals surface area contributed by atoms with Crippen molar-refractivity contribution in [3.8, 4) is 16.9 Å². The summed E-state index contributed by atoms with van der Waals surface area (Å²) >= 11 is 6.81. The van der Waals surface area contributed by atoms with Crippen LogP contribution >= 0.6 is 11.6 Å². The van der Waals surface area contributed by atoms with Crippen molar-refractivity contribution >= 4 is 23.7 Å². The van der Waals surface area contributed by atoms with Crippen molar-refractivity contribution in [1.82, 2.24) is 20.9 Å². The van der Waals surface area contributed by atoms with Crippen LogP contribution in [-0.2, 0) is 22.3 Å². The minimum absolute atomic E-state index is 0.0323. The Labute approximate surface area is 270 Å². The van der Waals surface area contributed by atoms with Crippen LogP contribution in [0.2, 0.25) is 5.02 Å². The van der Waals surface area contributed by atoms with Crippen molar-refractivity contribution in [3.63, 3.8) is 0 Å². The molecule has 0 aliphatic carbocycles. The van der Waals surface area contributed by atoms with Gasteiger partial charge in [0.15, 0.2) is 0 Å². The van der Waals surface area contributed by atoms with Crippen molar-refractivity contribution in [2.75, 3.05) is 53.6 Å². The Morgan fingerprint density at radius 2 is 1.87 bits per heavy atom. The van der Waals surface area contributed by atoms with Gasteiger partial charge in [-0.1, -0.05) is 67.1 Å². The van der Waals surface area contributed by atoms with E-state index >= 15 is 0 Å². The molecule has 4 N–H and O–H groups in total. The molecule has 10 nitrogen and oxygen atoms in total. The van der Waals surface area contributed by atoms with E-state index < -0.39 is 18.3 Å². The summed E-state index contributed by atoms with van der Waals surface area (Å²) in [5, 5.41) is 18.3. The van der Waals surface area contributed by atoms with E-state index in [1.807, 2.05) is 61.6 Å².